The highest BCUT2D eigenvalue weighted by Gasteiger charge is 2.18. The van der Waals surface area contributed by atoms with E-state index in [1.165, 1.54) is 41.1 Å². The molecule has 0 radical (unpaired) electrons. The Morgan fingerprint density at radius 3 is 2.59 bits per heavy atom. The van der Waals surface area contributed by atoms with Gasteiger partial charge in [0, 0.05) is 29.0 Å². The van der Waals surface area contributed by atoms with Gasteiger partial charge < -0.3 is 5.32 Å². The van der Waals surface area contributed by atoms with Crippen LogP contribution in [0.2, 0.25) is 10.0 Å². The minimum absolute atomic E-state index is 0.0169. The molecule has 4 aromatic rings. The number of hydrogen-bond donors (Lipinski definition) is 1. The number of amides is 1. The zero-order valence-corrected chi connectivity index (χ0v) is 21.9. The summed E-state index contributed by atoms with van der Waals surface area (Å²) in [5.41, 5.74) is 3.60. The van der Waals surface area contributed by atoms with Gasteiger partial charge in [0.15, 0.2) is 11.0 Å². The Morgan fingerprint density at radius 2 is 1.86 bits per heavy atom. The number of aromatic nitrogens is 3. The molecule has 4 rings (SSSR count). The van der Waals surface area contributed by atoms with Crippen LogP contribution in [0.5, 0.6) is 0 Å². The second kappa shape index (κ2) is 12.1. The highest BCUT2D eigenvalue weighted by Crippen LogP contribution is 2.31. The van der Waals surface area contributed by atoms with Crippen molar-refractivity contribution in [3.05, 3.63) is 115 Å². The lowest BCUT2D eigenvalue weighted by atomic mass is 10.1. The maximum Gasteiger partial charge on any atom is 0.269 e. The molecule has 0 saturated heterocycles. The van der Waals surface area contributed by atoms with Crippen LogP contribution < -0.4 is 5.32 Å². The van der Waals surface area contributed by atoms with Gasteiger partial charge in [0.25, 0.3) is 5.69 Å². The Bertz CT molecular complexity index is 1470. The number of nitro groups is 1. The molecule has 3 aromatic carbocycles. The lowest BCUT2D eigenvalue weighted by molar-refractivity contribution is -0.384. The topological polar surface area (TPSA) is 103 Å². The number of nitrogens with one attached hydrogen (secondary N) is 1. The fraction of sp³-hybridized carbons (Fsp3) is 0.115. The van der Waals surface area contributed by atoms with E-state index in [2.05, 4.69) is 34.6 Å². The molecule has 188 valence electrons. The van der Waals surface area contributed by atoms with E-state index >= 15 is 0 Å². The largest absolute Gasteiger partial charge is 0.345 e. The van der Waals surface area contributed by atoms with Crippen LogP contribution in [0.4, 0.5) is 5.69 Å². The van der Waals surface area contributed by atoms with E-state index in [9.17, 15) is 14.9 Å². The van der Waals surface area contributed by atoms with Crippen molar-refractivity contribution in [2.75, 3.05) is 0 Å². The molecule has 11 heteroatoms. The average molecular weight is 554 g/mol. The van der Waals surface area contributed by atoms with Crippen LogP contribution in [0.3, 0.4) is 0 Å². The molecule has 0 unspecified atom stereocenters. The lowest BCUT2D eigenvalue weighted by Crippen LogP contribution is -2.22. The molecular formula is C26H21Cl2N5O3S. The maximum absolute atomic E-state index is 12.5. The highest BCUT2D eigenvalue weighted by atomic mass is 35.5. The summed E-state index contributed by atoms with van der Waals surface area (Å²) in [4.78, 5) is 22.8. The molecule has 0 bridgehead atoms. The Labute approximate surface area is 227 Å². The quantitative estimate of drug-likeness (QED) is 0.111. The van der Waals surface area contributed by atoms with Crippen LogP contribution >= 0.6 is 35.0 Å². The van der Waals surface area contributed by atoms with Crippen LogP contribution in [-0.4, -0.2) is 25.6 Å². The van der Waals surface area contributed by atoms with E-state index in [1.54, 1.807) is 41.0 Å². The van der Waals surface area contributed by atoms with Gasteiger partial charge in [-0.25, -0.2) is 0 Å². The maximum atomic E-state index is 12.5. The van der Waals surface area contributed by atoms with Gasteiger partial charge in [-0.2, -0.15) is 0 Å². The fourth-order valence-corrected chi connectivity index (χ4v) is 4.83. The summed E-state index contributed by atoms with van der Waals surface area (Å²) in [6, 6.07) is 19.1. The highest BCUT2D eigenvalue weighted by molar-refractivity contribution is 7.98. The Kier molecular flexibility index (Phi) is 8.60. The number of carbonyl (C=O) groups excluding carboxylic acids is 1. The first-order valence-corrected chi connectivity index (χ1v) is 12.8. The number of nitro benzene ring substituents is 1. The molecule has 0 saturated carbocycles. The second-order valence-electron chi connectivity index (χ2n) is 7.94. The van der Waals surface area contributed by atoms with Gasteiger partial charge in [-0.3, -0.25) is 19.5 Å². The molecule has 0 fully saturated rings. The molecule has 1 N–H and O–H groups in total. The minimum atomic E-state index is -0.476. The number of nitrogens with zero attached hydrogens (tertiary/aromatic N) is 4. The van der Waals surface area contributed by atoms with Crippen LogP contribution in [0.15, 0.2) is 78.0 Å². The smallest absolute Gasteiger partial charge is 0.269 e. The van der Waals surface area contributed by atoms with Crippen molar-refractivity contribution in [3.63, 3.8) is 0 Å². The van der Waals surface area contributed by atoms with Crippen molar-refractivity contribution < 1.29 is 9.72 Å². The first kappa shape index (κ1) is 26.4. The monoisotopic (exact) mass is 553 g/mol. The van der Waals surface area contributed by atoms with Gasteiger partial charge in [0.05, 0.1) is 22.2 Å². The fourth-order valence-electron chi connectivity index (χ4n) is 3.43. The van der Waals surface area contributed by atoms with Crippen molar-refractivity contribution in [2.45, 2.75) is 24.4 Å². The number of aryl methyl sites for hydroxylation is 1. The third-order valence-corrected chi connectivity index (χ3v) is 6.95. The SMILES string of the molecule is Cc1ccccc1CSc1nnc(CNC(=O)C=Cc2ccc([N+](=O)[O-])cc2)n1-c1cc(Cl)ccc1Cl. The Morgan fingerprint density at radius 1 is 1.11 bits per heavy atom. The lowest BCUT2D eigenvalue weighted by Gasteiger charge is -2.13. The third kappa shape index (κ3) is 6.76. The molecule has 0 aliphatic rings. The number of carbonyl (C=O) groups is 1. The average Bonchev–Trinajstić information content (AvgIpc) is 3.29. The summed E-state index contributed by atoms with van der Waals surface area (Å²) >= 11 is 14.3. The van der Waals surface area contributed by atoms with Crippen molar-refractivity contribution in [1.82, 2.24) is 20.1 Å². The first-order chi connectivity index (χ1) is 17.8. The van der Waals surface area contributed by atoms with Crippen molar-refractivity contribution in [2.24, 2.45) is 0 Å². The molecular weight excluding hydrogens is 533 g/mol. The second-order valence-corrected chi connectivity index (χ2v) is 9.73. The molecule has 37 heavy (non-hydrogen) atoms. The standard InChI is InChI=1S/C26H21Cl2N5O3S/c1-17-4-2-3-5-19(17)16-37-26-31-30-24(32(26)23-14-20(27)9-12-22(23)28)15-29-25(34)13-8-18-6-10-21(11-7-18)33(35)36/h2-14H,15-16H2,1H3,(H,29,34). The number of non-ortho nitro benzene ring substituents is 1. The van der Waals surface area contributed by atoms with E-state index in [1.807, 2.05) is 12.1 Å². The van der Waals surface area contributed by atoms with Gasteiger partial charge in [-0.1, -0.05) is 59.2 Å². The summed E-state index contributed by atoms with van der Waals surface area (Å²) in [5, 5.41) is 23.8. The van der Waals surface area contributed by atoms with Crippen LogP contribution in [-0.2, 0) is 17.1 Å². The predicted octanol–water partition coefficient (Wildman–Crippen LogP) is 6.41. The molecule has 0 aliphatic carbocycles. The number of halogens is 2. The van der Waals surface area contributed by atoms with E-state index in [0.717, 1.165) is 0 Å². The molecule has 1 amide bonds. The van der Waals surface area contributed by atoms with Crippen LogP contribution in [0.1, 0.15) is 22.5 Å². The van der Waals surface area contributed by atoms with Gasteiger partial charge in [0.1, 0.15) is 0 Å². The summed E-state index contributed by atoms with van der Waals surface area (Å²) in [7, 11) is 0. The van der Waals surface area contributed by atoms with E-state index in [0.29, 0.717) is 38.0 Å². The number of hydrogen-bond acceptors (Lipinski definition) is 6. The van der Waals surface area contributed by atoms with E-state index in [4.69, 9.17) is 23.2 Å². The molecule has 0 atom stereocenters. The van der Waals surface area contributed by atoms with Crippen molar-refractivity contribution >= 4 is 52.6 Å². The predicted molar refractivity (Wildman–Crippen MR) is 146 cm³/mol. The Hall–Kier alpha value is -3.66. The van der Waals surface area contributed by atoms with Crippen molar-refractivity contribution in [1.29, 1.82) is 0 Å². The normalized spacial score (nSPS) is 11.1. The Balaban J connectivity index is 1.52. The summed E-state index contributed by atoms with van der Waals surface area (Å²) < 4.78 is 1.79. The summed E-state index contributed by atoms with van der Waals surface area (Å²) in [5.74, 6) is 0.792. The van der Waals surface area contributed by atoms with Crippen molar-refractivity contribution in [3.8, 4) is 5.69 Å². The first-order valence-electron chi connectivity index (χ1n) is 11.1. The van der Waals surface area contributed by atoms with Gasteiger partial charge >= 0.3 is 0 Å². The summed E-state index contributed by atoms with van der Waals surface area (Å²) in [6.07, 6.45) is 2.92. The molecule has 0 spiro atoms. The molecule has 1 heterocycles. The number of thioether (sulfide) groups is 1. The van der Waals surface area contributed by atoms with Crippen LogP contribution in [0.25, 0.3) is 11.8 Å². The van der Waals surface area contributed by atoms with E-state index < -0.39 is 4.92 Å². The molecule has 1 aromatic heterocycles. The summed E-state index contributed by atoms with van der Waals surface area (Å²) in [6.45, 7) is 2.14. The van der Waals surface area contributed by atoms with Gasteiger partial charge in [0.2, 0.25) is 5.91 Å². The van der Waals surface area contributed by atoms with Crippen LogP contribution in [0, 0.1) is 17.0 Å². The minimum Gasteiger partial charge on any atom is -0.345 e. The van der Waals surface area contributed by atoms with Gasteiger partial charge in [-0.15, -0.1) is 10.2 Å². The number of rotatable bonds is 9. The van der Waals surface area contributed by atoms with E-state index in [-0.39, 0.29) is 18.1 Å². The molecule has 0 aliphatic heterocycles. The van der Waals surface area contributed by atoms with Gasteiger partial charge in [-0.05, 0) is 60.0 Å². The number of benzene rings is 3. The zero-order valence-electron chi connectivity index (χ0n) is 19.6. The zero-order chi connectivity index (χ0) is 26.4. The third-order valence-electron chi connectivity index (χ3n) is 5.42. The molecule has 8 nitrogen and oxygen atoms in total.